The molecule has 0 aromatic heterocycles. The fraction of sp³-hybridized carbons (Fsp3) is 0.238. The Hall–Kier alpha value is -2.72. The van der Waals surface area contributed by atoms with E-state index in [1.54, 1.807) is 0 Å². The van der Waals surface area contributed by atoms with Crippen LogP contribution in [0.25, 0.3) is 11.8 Å². The smallest absolute Gasteiger partial charge is 0.227 e. The van der Waals surface area contributed by atoms with Gasteiger partial charge in [-0.15, -0.1) is 0 Å². The highest BCUT2D eigenvalue weighted by Crippen LogP contribution is 2.30. The van der Waals surface area contributed by atoms with Crippen LogP contribution in [0.3, 0.4) is 0 Å². The minimum Gasteiger partial charge on any atom is -0.333 e. The van der Waals surface area contributed by atoms with Gasteiger partial charge in [0.1, 0.15) is 0 Å². The molecule has 1 fully saturated rings. The van der Waals surface area contributed by atoms with Gasteiger partial charge in [-0.2, -0.15) is 0 Å². The first-order valence-electron chi connectivity index (χ1n) is 8.49. The molecule has 0 atom stereocenters. The molecule has 0 saturated heterocycles. The van der Waals surface area contributed by atoms with Crippen molar-refractivity contribution in [2.75, 3.05) is 7.05 Å². The van der Waals surface area contributed by atoms with Crippen molar-refractivity contribution in [3.05, 3.63) is 65.7 Å². The van der Waals surface area contributed by atoms with Crippen molar-refractivity contribution in [2.45, 2.75) is 19.3 Å². The fourth-order valence-electron chi connectivity index (χ4n) is 2.64. The Morgan fingerprint density at radius 2 is 1.76 bits per heavy atom. The Morgan fingerprint density at radius 3 is 2.36 bits per heavy atom. The second-order valence-corrected chi connectivity index (χ2v) is 5.76. The van der Waals surface area contributed by atoms with Crippen LogP contribution in [0.2, 0.25) is 0 Å². The Kier molecular flexibility index (Phi) is 7.11. The van der Waals surface area contributed by atoms with Crippen LogP contribution < -0.4 is 11.1 Å². The number of nitrogens with two attached hydrogens (primary N) is 1. The average molecular weight is 335 g/mol. The van der Waals surface area contributed by atoms with E-state index < -0.39 is 0 Å². The van der Waals surface area contributed by atoms with Crippen molar-refractivity contribution in [3.63, 3.8) is 0 Å². The quantitative estimate of drug-likeness (QED) is 0.640. The standard InChI is InChI=1S/C20H20N2O.CH5N/c1-21-18-13-6-5-12-17(18)19(14-15-8-3-2-4-9-15)22-20(23)16-10-7-11-16;1-2/h2-6,8-9,12-14,16H,1,7,10-11H2,(H,22,23);2H2,1H3/b19-14+;. The van der Waals surface area contributed by atoms with E-state index in [1.165, 1.54) is 7.05 Å². The summed E-state index contributed by atoms with van der Waals surface area (Å²) in [5, 5.41) is 3.09. The van der Waals surface area contributed by atoms with Crippen LogP contribution in [0.15, 0.2) is 59.6 Å². The van der Waals surface area contributed by atoms with Crippen LogP contribution in [-0.2, 0) is 4.79 Å². The fourth-order valence-corrected chi connectivity index (χ4v) is 2.64. The van der Waals surface area contributed by atoms with Crippen molar-refractivity contribution >= 4 is 30.1 Å². The predicted molar refractivity (Wildman–Crippen MR) is 106 cm³/mol. The van der Waals surface area contributed by atoms with E-state index in [0.717, 1.165) is 41.8 Å². The number of carbonyl (C=O) groups excluding carboxylic acids is 1. The number of nitrogens with one attached hydrogen (secondary N) is 1. The molecule has 3 N–H and O–H groups in total. The number of amides is 1. The summed E-state index contributed by atoms with van der Waals surface area (Å²) in [5.41, 5.74) is 7.97. The van der Waals surface area contributed by atoms with Crippen LogP contribution >= 0.6 is 0 Å². The second-order valence-electron chi connectivity index (χ2n) is 5.76. The van der Waals surface area contributed by atoms with Gasteiger partial charge in [0.2, 0.25) is 5.91 Å². The molecule has 0 bridgehead atoms. The Bertz CT molecular complexity index is 734. The highest BCUT2D eigenvalue weighted by Gasteiger charge is 2.26. The van der Waals surface area contributed by atoms with Crippen molar-refractivity contribution in [3.8, 4) is 0 Å². The van der Waals surface area contributed by atoms with Gasteiger partial charge in [-0.1, -0.05) is 55.0 Å². The first kappa shape index (κ1) is 18.6. The first-order valence-corrected chi connectivity index (χ1v) is 8.49. The molecule has 2 aromatic rings. The number of para-hydroxylation sites is 1. The van der Waals surface area contributed by atoms with Crippen molar-refractivity contribution < 1.29 is 4.79 Å². The van der Waals surface area contributed by atoms with Gasteiger partial charge in [0, 0.05) is 11.5 Å². The molecule has 130 valence electrons. The molecule has 0 aliphatic heterocycles. The minimum atomic E-state index is 0.0947. The maximum atomic E-state index is 12.4. The average Bonchev–Trinajstić information content (AvgIpc) is 2.62. The summed E-state index contributed by atoms with van der Waals surface area (Å²) in [6.45, 7) is 3.63. The van der Waals surface area contributed by atoms with E-state index in [2.05, 4.69) is 22.8 Å². The SMILES string of the molecule is C=Nc1ccccc1/C(=C\c1ccccc1)NC(=O)C1CCC1.CN. The van der Waals surface area contributed by atoms with Gasteiger partial charge in [0.15, 0.2) is 0 Å². The van der Waals surface area contributed by atoms with Crippen LogP contribution in [0.4, 0.5) is 5.69 Å². The molecule has 2 aromatic carbocycles. The number of benzene rings is 2. The number of rotatable bonds is 5. The Balaban J connectivity index is 0.00000109. The van der Waals surface area contributed by atoms with Crippen LogP contribution in [0.5, 0.6) is 0 Å². The molecule has 1 saturated carbocycles. The molecule has 4 nitrogen and oxygen atoms in total. The third kappa shape index (κ3) is 4.88. The van der Waals surface area contributed by atoms with Crippen LogP contribution in [0, 0.1) is 5.92 Å². The van der Waals surface area contributed by atoms with Crippen molar-refractivity contribution in [2.24, 2.45) is 16.6 Å². The van der Waals surface area contributed by atoms with Gasteiger partial charge in [0.05, 0.1) is 11.4 Å². The number of carbonyl (C=O) groups is 1. The molecule has 4 heteroatoms. The highest BCUT2D eigenvalue weighted by molar-refractivity contribution is 5.95. The molecular formula is C21H25N3O. The van der Waals surface area contributed by atoms with E-state index in [4.69, 9.17) is 0 Å². The lowest BCUT2D eigenvalue weighted by molar-refractivity contribution is -0.126. The van der Waals surface area contributed by atoms with E-state index >= 15 is 0 Å². The van der Waals surface area contributed by atoms with Crippen LogP contribution in [-0.4, -0.2) is 19.7 Å². The third-order valence-corrected chi connectivity index (χ3v) is 4.21. The summed E-state index contributed by atoms with van der Waals surface area (Å²) in [5.74, 6) is 0.232. The lowest BCUT2D eigenvalue weighted by Gasteiger charge is -2.25. The number of nitrogens with zero attached hydrogens (tertiary/aromatic N) is 1. The minimum absolute atomic E-state index is 0.0947. The molecular weight excluding hydrogens is 310 g/mol. The van der Waals surface area contributed by atoms with E-state index in [9.17, 15) is 4.79 Å². The second kappa shape index (κ2) is 9.55. The molecule has 0 heterocycles. The van der Waals surface area contributed by atoms with Crippen molar-refractivity contribution in [1.29, 1.82) is 0 Å². The normalized spacial score (nSPS) is 13.9. The monoisotopic (exact) mass is 335 g/mol. The number of hydrogen-bond donors (Lipinski definition) is 2. The third-order valence-electron chi connectivity index (χ3n) is 4.21. The van der Waals surface area contributed by atoms with Gasteiger partial charge in [-0.25, -0.2) is 0 Å². The molecule has 1 amide bonds. The molecule has 0 radical (unpaired) electrons. The van der Waals surface area contributed by atoms with E-state index in [-0.39, 0.29) is 11.8 Å². The summed E-state index contributed by atoms with van der Waals surface area (Å²) in [4.78, 5) is 16.5. The topological polar surface area (TPSA) is 67.5 Å². The predicted octanol–water partition coefficient (Wildman–Crippen LogP) is 4.01. The lowest BCUT2D eigenvalue weighted by Crippen LogP contribution is -2.33. The zero-order valence-electron chi connectivity index (χ0n) is 14.6. The molecule has 3 rings (SSSR count). The summed E-state index contributed by atoms with van der Waals surface area (Å²) in [6.07, 6.45) is 5.08. The molecule has 1 aliphatic carbocycles. The maximum Gasteiger partial charge on any atom is 0.227 e. The molecule has 1 aliphatic rings. The lowest BCUT2D eigenvalue weighted by atomic mass is 9.84. The summed E-state index contributed by atoms with van der Waals surface area (Å²) in [6, 6.07) is 17.7. The zero-order valence-corrected chi connectivity index (χ0v) is 14.6. The Labute approximate surface area is 149 Å². The number of hydrogen-bond acceptors (Lipinski definition) is 3. The zero-order chi connectivity index (χ0) is 18.1. The molecule has 25 heavy (non-hydrogen) atoms. The molecule has 0 unspecified atom stereocenters. The maximum absolute atomic E-state index is 12.4. The van der Waals surface area contributed by atoms with E-state index in [1.807, 2.05) is 60.7 Å². The van der Waals surface area contributed by atoms with Crippen molar-refractivity contribution in [1.82, 2.24) is 5.32 Å². The largest absolute Gasteiger partial charge is 0.333 e. The van der Waals surface area contributed by atoms with Gasteiger partial charge < -0.3 is 11.1 Å². The van der Waals surface area contributed by atoms with E-state index in [0.29, 0.717) is 0 Å². The summed E-state index contributed by atoms with van der Waals surface area (Å²) in [7, 11) is 1.50. The number of aliphatic imine (C=N–C) groups is 1. The molecule has 0 spiro atoms. The summed E-state index contributed by atoms with van der Waals surface area (Å²) < 4.78 is 0. The van der Waals surface area contributed by atoms with Gasteiger partial charge in [-0.3, -0.25) is 9.79 Å². The van der Waals surface area contributed by atoms with Gasteiger partial charge >= 0.3 is 0 Å². The highest BCUT2D eigenvalue weighted by atomic mass is 16.1. The van der Waals surface area contributed by atoms with Crippen LogP contribution in [0.1, 0.15) is 30.4 Å². The van der Waals surface area contributed by atoms with Gasteiger partial charge in [0.25, 0.3) is 0 Å². The summed E-state index contributed by atoms with van der Waals surface area (Å²) >= 11 is 0. The first-order chi connectivity index (χ1) is 12.3. The Morgan fingerprint density at radius 1 is 1.12 bits per heavy atom. The van der Waals surface area contributed by atoms with Gasteiger partial charge in [-0.05, 0) is 44.3 Å².